The molecule has 0 spiro atoms. The van der Waals surface area contributed by atoms with E-state index in [0.717, 1.165) is 21.2 Å². The fraction of sp³-hybridized carbons (Fsp3) is 0.278. The normalized spacial score (nSPS) is 14.9. The Morgan fingerprint density at radius 1 is 1.10 bits per heavy atom. The third-order valence-electron chi connectivity index (χ3n) is 4.19. The molecular weight excluding hydrogens is 312 g/mol. The lowest BCUT2D eigenvalue weighted by atomic mass is 9.77. The number of benzene rings is 2. The molecule has 0 amide bonds. The van der Waals surface area contributed by atoms with Crippen molar-refractivity contribution in [2.45, 2.75) is 32.1 Å². The van der Waals surface area contributed by atoms with E-state index in [9.17, 15) is 4.79 Å². The number of halogens is 1. The lowest BCUT2D eigenvalue weighted by Gasteiger charge is -2.27. The Hall–Kier alpha value is -1.41. The second-order valence-corrected chi connectivity index (χ2v) is 6.42. The Morgan fingerprint density at radius 2 is 1.85 bits per heavy atom. The van der Waals surface area contributed by atoms with Crippen LogP contribution in [0.5, 0.6) is 0 Å². The summed E-state index contributed by atoms with van der Waals surface area (Å²) < 4.78 is 0.951. The topological polar surface area (TPSA) is 17.1 Å². The zero-order chi connectivity index (χ0) is 14.1. The van der Waals surface area contributed by atoms with Crippen LogP contribution in [0, 0.1) is 6.92 Å². The lowest BCUT2D eigenvalue weighted by Crippen LogP contribution is -2.15. The minimum absolute atomic E-state index is 0.145. The fourth-order valence-corrected chi connectivity index (χ4v) is 3.12. The summed E-state index contributed by atoms with van der Waals surface area (Å²) in [5.74, 6) is 0.717. The van der Waals surface area contributed by atoms with Crippen LogP contribution < -0.4 is 0 Å². The van der Waals surface area contributed by atoms with E-state index >= 15 is 0 Å². The highest BCUT2D eigenvalue weighted by Crippen LogP contribution is 2.38. The maximum atomic E-state index is 12.9. The van der Waals surface area contributed by atoms with E-state index in [1.165, 1.54) is 24.8 Å². The van der Waals surface area contributed by atoms with Gasteiger partial charge in [-0.05, 0) is 48.9 Å². The number of carbonyl (C=O) groups is 1. The van der Waals surface area contributed by atoms with E-state index in [-0.39, 0.29) is 5.78 Å². The summed E-state index contributed by atoms with van der Waals surface area (Å²) in [6, 6.07) is 14.0. The standard InChI is InChI=1S/C18H17BrO/c1-12-9-10-14(19)11-17(12)18(20)16-8-3-2-7-15(16)13-5-4-6-13/h2-3,7-11,13H,4-6H2,1H3. The summed E-state index contributed by atoms with van der Waals surface area (Å²) in [7, 11) is 0. The maximum absolute atomic E-state index is 12.9. The predicted octanol–water partition coefficient (Wildman–Crippen LogP) is 5.26. The third-order valence-corrected chi connectivity index (χ3v) is 4.69. The molecule has 0 aliphatic heterocycles. The van der Waals surface area contributed by atoms with Gasteiger partial charge in [0.1, 0.15) is 0 Å². The van der Waals surface area contributed by atoms with Crippen molar-refractivity contribution >= 4 is 21.7 Å². The molecule has 0 heterocycles. The van der Waals surface area contributed by atoms with E-state index in [1.807, 2.05) is 43.3 Å². The molecule has 0 radical (unpaired) electrons. The zero-order valence-electron chi connectivity index (χ0n) is 11.5. The maximum Gasteiger partial charge on any atom is 0.193 e. The Labute approximate surface area is 128 Å². The van der Waals surface area contributed by atoms with Crippen molar-refractivity contribution in [3.05, 3.63) is 69.2 Å². The largest absolute Gasteiger partial charge is 0.289 e. The van der Waals surface area contributed by atoms with Crippen LogP contribution in [0.15, 0.2) is 46.9 Å². The van der Waals surface area contributed by atoms with Crippen LogP contribution in [0.1, 0.15) is 52.2 Å². The second kappa shape index (κ2) is 5.53. The van der Waals surface area contributed by atoms with Gasteiger partial charge in [-0.25, -0.2) is 0 Å². The van der Waals surface area contributed by atoms with Gasteiger partial charge >= 0.3 is 0 Å². The molecule has 1 aliphatic rings. The van der Waals surface area contributed by atoms with Gasteiger partial charge < -0.3 is 0 Å². The van der Waals surface area contributed by atoms with Crippen LogP contribution >= 0.6 is 15.9 Å². The van der Waals surface area contributed by atoms with Gasteiger partial charge in [0.15, 0.2) is 5.78 Å². The monoisotopic (exact) mass is 328 g/mol. The van der Waals surface area contributed by atoms with Gasteiger partial charge in [-0.2, -0.15) is 0 Å². The Kier molecular flexibility index (Phi) is 3.75. The van der Waals surface area contributed by atoms with Crippen molar-refractivity contribution < 1.29 is 4.79 Å². The van der Waals surface area contributed by atoms with Crippen molar-refractivity contribution in [1.82, 2.24) is 0 Å². The highest BCUT2D eigenvalue weighted by molar-refractivity contribution is 9.10. The SMILES string of the molecule is Cc1ccc(Br)cc1C(=O)c1ccccc1C1CCC1. The van der Waals surface area contributed by atoms with E-state index in [0.29, 0.717) is 5.92 Å². The van der Waals surface area contributed by atoms with Crippen LogP contribution in [0.25, 0.3) is 0 Å². The zero-order valence-corrected chi connectivity index (χ0v) is 13.1. The summed E-state index contributed by atoms with van der Waals surface area (Å²) >= 11 is 3.46. The molecule has 2 aromatic carbocycles. The molecule has 1 fully saturated rings. The van der Waals surface area contributed by atoms with Crippen LogP contribution in [-0.2, 0) is 0 Å². The van der Waals surface area contributed by atoms with Gasteiger partial charge in [0, 0.05) is 15.6 Å². The van der Waals surface area contributed by atoms with Gasteiger partial charge in [-0.15, -0.1) is 0 Å². The van der Waals surface area contributed by atoms with Gasteiger partial charge in [0.25, 0.3) is 0 Å². The Balaban J connectivity index is 2.04. The summed E-state index contributed by atoms with van der Waals surface area (Å²) in [4.78, 5) is 12.9. The molecule has 0 saturated heterocycles. The fourth-order valence-electron chi connectivity index (χ4n) is 2.76. The minimum atomic E-state index is 0.145. The smallest absolute Gasteiger partial charge is 0.193 e. The Morgan fingerprint density at radius 3 is 2.55 bits per heavy atom. The van der Waals surface area contributed by atoms with E-state index < -0.39 is 0 Å². The average Bonchev–Trinajstić information content (AvgIpc) is 2.39. The number of aryl methyl sites for hydroxylation is 1. The molecule has 0 aromatic heterocycles. The lowest BCUT2D eigenvalue weighted by molar-refractivity contribution is 0.103. The molecule has 1 aliphatic carbocycles. The van der Waals surface area contributed by atoms with Crippen molar-refractivity contribution in [2.75, 3.05) is 0 Å². The van der Waals surface area contributed by atoms with Gasteiger partial charge in [0.05, 0.1) is 0 Å². The Bertz CT molecular complexity index is 656. The number of carbonyl (C=O) groups excluding carboxylic acids is 1. The van der Waals surface area contributed by atoms with Gasteiger partial charge in [0.2, 0.25) is 0 Å². The number of hydrogen-bond acceptors (Lipinski definition) is 1. The summed E-state index contributed by atoms with van der Waals surface area (Å²) in [6.07, 6.45) is 3.70. The summed E-state index contributed by atoms with van der Waals surface area (Å²) in [6.45, 7) is 1.99. The molecule has 2 aromatic rings. The quantitative estimate of drug-likeness (QED) is 0.702. The van der Waals surface area contributed by atoms with E-state index in [4.69, 9.17) is 0 Å². The molecule has 1 saturated carbocycles. The molecule has 2 heteroatoms. The molecule has 0 bridgehead atoms. The molecule has 1 nitrogen and oxygen atoms in total. The van der Waals surface area contributed by atoms with Crippen LogP contribution in [-0.4, -0.2) is 5.78 Å². The predicted molar refractivity (Wildman–Crippen MR) is 85.3 cm³/mol. The average molecular weight is 329 g/mol. The molecule has 0 atom stereocenters. The van der Waals surface area contributed by atoms with Crippen LogP contribution in [0.2, 0.25) is 0 Å². The van der Waals surface area contributed by atoms with Crippen molar-refractivity contribution in [3.63, 3.8) is 0 Å². The van der Waals surface area contributed by atoms with Crippen molar-refractivity contribution in [1.29, 1.82) is 0 Å². The minimum Gasteiger partial charge on any atom is -0.289 e. The van der Waals surface area contributed by atoms with Crippen LogP contribution in [0.3, 0.4) is 0 Å². The first-order valence-corrected chi connectivity index (χ1v) is 7.86. The molecule has 3 rings (SSSR count). The second-order valence-electron chi connectivity index (χ2n) is 5.50. The number of rotatable bonds is 3. The first-order chi connectivity index (χ1) is 9.66. The van der Waals surface area contributed by atoms with Crippen molar-refractivity contribution in [2.24, 2.45) is 0 Å². The molecular formula is C18H17BrO. The first kappa shape index (κ1) is 13.6. The molecule has 102 valence electrons. The summed E-state index contributed by atoms with van der Waals surface area (Å²) in [5, 5.41) is 0. The third kappa shape index (κ3) is 2.45. The highest BCUT2D eigenvalue weighted by atomic mass is 79.9. The highest BCUT2D eigenvalue weighted by Gasteiger charge is 2.25. The van der Waals surface area contributed by atoms with Gasteiger partial charge in [-0.1, -0.05) is 52.7 Å². The first-order valence-electron chi connectivity index (χ1n) is 7.06. The number of hydrogen-bond donors (Lipinski definition) is 0. The molecule has 20 heavy (non-hydrogen) atoms. The summed E-state index contributed by atoms with van der Waals surface area (Å²) in [5.41, 5.74) is 3.93. The van der Waals surface area contributed by atoms with Crippen LogP contribution in [0.4, 0.5) is 0 Å². The molecule has 0 unspecified atom stereocenters. The number of ketones is 1. The molecule has 0 N–H and O–H groups in total. The van der Waals surface area contributed by atoms with E-state index in [2.05, 4.69) is 22.0 Å². The van der Waals surface area contributed by atoms with Gasteiger partial charge in [-0.3, -0.25) is 4.79 Å². The van der Waals surface area contributed by atoms with Crippen molar-refractivity contribution in [3.8, 4) is 0 Å². The van der Waals surface area contributed by atoms with E-state index in [1.54, 1.807) is 0 Å².